The van der Waals surface area contributed by atoms with Crippen molar-refractivity contribution < 1.29 is 21.9 Å². The van der Waals surface area contributed by atoms with Gasteiger partial charge < -0.3 is 4.74 Å². The first-order valence-corrected chi connectivity index (χ1v) is 9.43. The number of morpholine rings is 1. The van der Waals surface area contributed by atoms with Crippen LogP contribution in [0.5, 0.6) is 0 Å². The molecule has 3 rings (SSSR count). The zero-order valence-electron chi connectivity index (χ0n) is 12.5. The molecule has 0 aromatic heterocycles. The Bertz CT molecular complexity index is 843. The maximum absolute atomic E-state index is 13.2. The van der Waals surface area contributed by atoms with Gasteiger partial charge in [0.2, 0.25) is 10.0 Å². The lowest BCUT2D eigenvalue weighted by Crippen LogP contribution is -2.42. The number of benzene rings is 2. The third-order valence-corrected chi connectivity index (χ3v) is 6.62. The second kappa shape index (κ2) is 6.87. The van der Waals surface area contributed by atoms with E-state index in [1.807, 2.05) is 0 Å². The lowest BCUT2D eigenvalue weighted by molar-refractivity contribution is -0.00259. The Labute approximate surface area is 147 Å². The van der Waals surface area contributed by atoms with Gasteiger partial charge in [0.25, 0.3) is 0 Å². The van der Waals surface area contributed by atoms with Crippen LogP contribution in [0.2, 0.25) is 0 Å². The molecule has 0 spiro atoms. The number of hydrogen-bond acceptors (Lipinski definition) is 3. The third kappa shape index (κ3) is 3.51. The molecule has 0 bridgehead atoms. The van der Waals surface area contributed by atoms with Crippen LogP contribution in [0.3, 0.4) is 0 Å². The molecule has 1 heterocycles. The normalized spacial score (nSPS) is 19.4. The molecule has 1 fully saturated rings. The predicted octanol–water partition coefficient (Wildman–Crippen LogP) is 3.49. The monoisotopic (exact) mass is 417 g/mol. The molecule has 0 saturated carbocycles. The second-order valence-electron chi connectivity index (χ2n) is 5.35. The average Bonchev–Trinajstić information content (AvgIpc) is 2.55. The van der Waals surface area contributed by atoms with Gasteiger partial charge in [-0.25, -0.2) is 17.2 Å². The molecule has 8 heteroatoms. The van der Waals surface area contributed by atoms with Crippen LogP contribution in [-0.2, 0) is 14.8 Å². The smallest absolute Gasteiger partial charge is 0.244 e. The van der Waals surface area contributed by atoms with Crippen LogP contribution in [-0.4, -0.2) is 32.4 Å². The van der Waals surface area contributed by atoms with Crippen LogP contribution in [0.25, 0.3) is 0 Å². The van der Waals surface area contributed by atoms with Gasteiger partial charge in [0.05, 0.1) is 17.6 Å². The molecule has 1 saturated heterocycles. The van der Waals surface area contributed by atoms with Crippen LogP contribution in [0.1, 0.15) is 11.7 Å². The van der Waals surface area contributed by atoms with Crippen LogP contribution in [0.15, 0.2) is 51.8 Å². The summed E-state index contributed by atoms with van der Waals surface area (Å²) in [6.45, 7) is 0.529. The van der Waals surface area contributed by atoms with E-state index in [4.69, 9.17) is 4.74 Å². The van der Waals surface area contributed by atoms with Gasteiger partial charge in [0, 0.05) is 17.6 Å². The quantitative estimate of drug-likeness (QED) is 0.767. The molecule has 4 nitrogen and oxygen atoms in total. The Balaban J connectivity index is 1.87. The van der Waals surface area contributed by atoms with Gasteiger partial charge in [-0.1, -0.05) is 12.1 Å². The molecule has 2 aromatic carbocycles. The zero-order chi connectivity index (χ0) is 17.3. The summed E-state index contributed by atoms with van der Waals surface area (Å²) >= 11 is 3.10. The van der Waals surface area contributed by atoms with Gasteiger partial charge in [0.1, 0.15) is 11.6 Å². The summed E-state index contributed by atoms with van der Waals surface area (Å²) in [6, 6.07) is 9.22. The first-order valence-electron chi connectivity index (χ1n) is 7.20. The molecule has 24 heavy (non-hydrogen) atoms. The van der Waals surface area contributed by atoms with Crippen molar-refractivity contribution in [2.45, 2.75) is 11.0 Å². The molecular formula is C16H14BrF2NO3S. The summed E-state index contributed by atoms with van der Waals surface area (Å²) in [6.07, 6.45) is -0.478. The van der Waals surface area contributed by atoms with E-state index in [1.54, 1.807) is 12.1 Å². The fourth-order valence-corrected chi connectivity index (χ4v) is 4.98. The molecule has 0 radical (unpaired) electrons. The van der Waals surface area contributed by atoms with E-state index >= 15 is 0 Å². The average molecular weight is 418 g/mol. The van der Waals surface area contributed by atoms with E-state index < -0.39 is 21.9 Å². The molecule has 0 N–H and O–H groups in total. The van der Waals surface area contributed by atoms with Gasteiger partial charge in [-0.15, -0.1) is 0 Å². The molecule has 1 aliphatic heterocycles. The minimum Gasteiger partial charge on any atom is -0.371 e. The number of rotatable bonds is 3. The minimum absolute atomic E-state index is 0.00339. The fraction of sp³-hybridized carbons (Fsp3) is 0.250. The van der Waals surface area contributed by atoms with Crippen LogP contribution in [0.4, 0.5) is 8.78 Å². The van der Waals surface area contributed by atoms with Gasteiger partial charge in [-0.3, -0.25) is 0 Å². The minimum atomic E-state index is -3.79. The summed E-state index contributed by atoms with van der Waals surface area (Å²) in [5.74, 6) is -0.888. The zero-order valence-corrected chi connectivity index (χ0v) is 14.9. The summed E-state index contributed by atoms with van der Waals surface area (Å²) in [7, 11) is -3.79. The molecule has 1 atom stereocenters. The van der Waals surface area contributed by atoms with E-state index in [2.05, 4.69) is 15.9 Å². The van der Waals surface area contributed by atoms with E-state index in [9.17, 15) is 17.2 Å². The molecule has 1 aliphatic rings. The summed E-state index contributed by atoms with van der Waals surface area (Å²) in [5.41, 5.74) is 0.703. The number of halogens is 3. The van der Waals surface area contributed by atoms with Crippen molar-refractivity contribution in [2.75, 3.05) is 19.7 Å². The molecule has 128 valence electrons. The predicted molar refractivity (Wildman–Crippen MR) is 88.0 cm³/mol. The van der Waals surface area contributed by atoms with Crippen molar-refractivity contribution in [2.24, 2.45) is 0 Å². The maximum Gasteiger partial charge on any atom is 0.244 e. The number of nitrogens with zero attached hydrogens (tertiary/aromatic N) is 1. The Kier molecular flexibility index (Phi) is 5.00. The Morgan fingerprint density at radius 2 is 1.75 bits per heavy atom. The fourth-order valence-electron chi connectivity index (χ4n) is 2.55. The van der Waals surface area contributed by atoms with E-state index in [0.717, 1.165) is 12.1 Å². The summed E-state index contributed by atoms with van der Waals surface area (Å²) < 4.78 is 58.9. The first-order chi connectivity index (χ1) is 11.4. The highest BCUT2D eigenvalue weighted by Gasteiger charge is 2.32. The van der Waals surface area contributed by atoms with Crippen molar-refractivity contribution in [3.8, 4) is 0 Å². The first kappa shape index (κ1) is 17.5. The van der Waals surface area contributed by atoms with E-state index in [-0.39, 0.29) is 34.9 Å². The number of hydrogen-bond donors (Lipinski definition) is 0. The molecular weight excluding hydrogens is 404 g/mol. The van der Waals surface area contributed by atoms with Gasteiger partial charge in [-0.05, 0) is 51.8 Å². The van der Waals surface area contributed by atoms with Crippen molar-refractivity contribution in [1.29, 1.82) is 0 Å². The molecule has 0 amide bonds. The third-order valence-electron chi connectivity index (χ3n) is 3.78. The van der Waals surface area contributed by atoms with E-state index in [0.29, 0.717) is 5.56 Å². The van der Waals surface area contributed by atoms with Crippen LogP contribution in [0, 0.1) is 11.6 Å². The second-order valence-corrected chi connectivity index (χ2v) is 8.11. The van der Waals surface area contributed by atoms with Gasteiger partial charge in [-0.2, -0.15) is 4.31 Å². The number of sulfonamides is 1. The van der Waals surface area contributed by atoms with Crippen molar-refractivity contribution >= 4 is 26.0 Å². The highest BCUT2D eigenvalue weighted by Crippen LogP contribution is 2.30. The Morgan fingerprint density at radius 3 is 2.42 bits per heavy atom. The van der Waals surface area contributed by atoms with E-state index in [1.165, 1.54) is 22.5 Å². The van der Waals surface area contributed by atoms with Gasteiger partial charge in [0.15, 0.2) is 0 Å². The molecule has 2 aromatic rings. The van der Waals surface area contributed by atoms with Crippen molar-refractivity contribution in [1.82, 2.24) is 4.31 Å². The van der Waals surface area contributed by atoms with Crippen LogP contribution < -0.4 is 0 Å². The number of ether oxygens (including phenoxy) is 1. The standard InChI is InChI=1S/C16H14BrF2NO3S/c17-14-9-13(19)5-6-16(14)24(21,22)20-7-8-23-15(10-20)11-1-3-12(18)4-2-11/h1-6,9,15H,7-8,10H2. The van der Waals surface area contributed by atoms with Gasteiger partial charge >= 0.3 is 0 Å². The van der Waals surface area contributed by atoms with Crippen molar-refractivity contribution in [3.63, 3.8) is 0 Å². The Morgan fingerprint density at radius 1 is 1.08 bits per heavy atom. The SMILES string of the molecule is O=S(=O)(c1ccc(F)cc1Br)N1CCOC(c2ccc(F)cc2)C1. The van der Waals surface area contributed by atoms with Crippen molar-refractivity contribution in [3.05, 3.63) is 64.1 Å². The Hall–Kier alpha value is -1.35. The molecule has 0 aliphatic carbocycles. The summed E-state index contributed by atoms with van der Waals surface area (Å²) in [4.78, 5) is 0.00339. The summed E-state index contributed by atoms with van der Waals surface area (Å²) in [5, 5.41) is 0. The lowest BCUT2D eigenvalue weighted by Gasteiger charge is -2.32. The lowest BCUT2D eigenvalue weighted by atomic mass is 10.1. The van der Waals surface area contributed by atoms with Crippen LogP contribution >= 0.6 is 15.9 Å². The molecule has 1 unspecified atom stereocenters. The highest BCUT2D eigenvalue weighted by molar-refractivity contribution is 9.10. The largest absolute Gasteiger partial charge is 0.371 e. The highest BCUT2D eigenvalue weighted by atomic mass is 79.9. The topological polar surface area (TPSA) is 46.6 Å². The maximum atomic E-state index is 13.2.